The van der Waals surface area contributed by atoms with E-state index in [1.165, 1.54) is 12.1 Å². The van der Waals surface area contributed by atoms with E-state index in [1.807, 2.05) is 0 Å². The quantitative estimate of drug-likeness (QED) is 0.637. The number of carboxylic acids is 1. The molecule has 0 aromatic heterocycles. The average Bonchev–Trinajstić information content (AvgIpc) is 2.46. The second kappa shape index (κ2) is 6.53. The summed E-state index contributed by atoms with van der Waals surface area (Å²) in [5, 5.41) is 23.0. The summed E-state index contributed by atoms with van der Waals surface area (Å²) >= 11 is 0. The van der Waals surface area contributed by atoms with Gasteiger partial charge in [0.25, 0.3) is 5.69 Å². The van der Waals surface area contributed by atoms with Gasteiger partial charge in [-0.3, -0.25) is 10.1 Å². The van der Waals surface area contributed by atoms with Crippen molar-refractivity contribution in [2.24, 2.45) is 5.92 Å². The van der Waals surface area contributed by atoms with E-state index < -0.39 is 10.9 Å². The highest BCUT2D eigenvalue weighted by Crippen LogP contribution is 2.24. The molecule has 1 heterocycles. The Kier molecular flexibility index (Phi) is 4.74. The molecule has 0 aliphatic carbocycles. The number of aromatic carboxylic acids is 1. The van der Waals surface area contributed by atoms with Crippen molar-refractivity contribution in [1.29, 1.82) is 0 Å². The minimum absolute atomic E-state index is 0.284. The number of benzene rings is 1. The first-order chi connectivity index (χ1) is 9.97. The molecular formula is C14H19N3O4. The average molecular weight is 293 g/mol. The fraction of sp³-hybridized carbons (Fsp3) is 0.500. The van der Waals surface area contributed by atoms with E-state index in [-0.39, 0.29) is 11.3 Å². The summed E-state index contributed by atoms with van der Waals surface area (Å²) in [5.74, 6) is -0.741. The van der Waals surface area contributed by atoms with Crippen LogP contribution in [-0.2, 0) is 0 Å². The van der Waals surface area contributed by atoms with Crippen molar-refractivity contribution < 1.29 is 14.8 Å². The van der Waals surface area contributed by atoms with Crippen molar-refractivity contribution in [3.8, 4) is 0 Å². The number of nitrogens with one attached hydrogen (secondary N) is 1. The van der Waals surface area contributed by atoms with Gasteiger partial charge in [-0.15, -0.1) is 0 Å². The molecule has 1 aromatic carbocycles. The normalized spacial score (nSPS) is 16.6. The van der Waals surface area contributed by atoms with Gasteiger partial charge >= 0.3 is 5.97 Å². The zero-order valence-electron chi connectivity index (χ0n) is 11.9. The van der Waals surface area contributed by atoms with Crippen LogP contribution in [-0.4, -0.2) is 47.6 Å². The monoisotopic (exact) mass is 293 g/mol. The number of nitrogens with zero attached hydrogens (tertiary/aromatic N) is 2. The first-order valence-electron chi connectivity index (χ1n) is 6.91. The lowest BCUT2D eigenvalue weighted by Crippen LogP contribution is -2.32. The van der Waals surface area contributed by atoms with Crippen LogP contribution in [0.1, 0.15) is 23.2 Å². The van der Waals surface area contributed by atoms with Gasteiger partial charge in [-0.25, -0.2) is 4.79 Å². The molecule has 2 N–H and O–H groups in total. The van der Waals surface area contributed by atoms with Crippen LogP contribution in [0.4, 0.5) is 11.4 Å². The molecule has 1 fully saturated rings. The van der Waals surface area contributed by atoms with E-state index in [2.05, 4.69) is 17.3 Å². The Labute approximate surface area is 122 Å². The number of rotatable bonds is 5. The molecule has 0 atom stereocenters. The first-order valence-corrected chi connectivity index (χ1v) is 6.91. The summed E-state index contributed by atoms with van der Waals surface area (Å²) < 4.78 is 0. The Bertz CT molecular complexity index is 539. The molecule has 0 spiro atoms. The number of hydrogen-bond donors (Lipinski definition) is 2. The van der Waals surface area contributed by atoms with Crippen LogP contribution in [0.15, 0.2) is 18.2 Å². The lowest BCUT2D eigenvalue weighted by atomic mass is 9.97. The van der Waals surface area contributed by atoms with Crippen molar-refractivity contribution in [3.05, 3.63) is 33.9 Å². The molecule has 21 heavy (non-hydrogen) atoms. The number of nitro benzene ring substituents is 1. The largest absolute Gasteiger partial charge is 0.477 e. The molecule has 0 radical (unpaired) electrons. The maximum Gasteiger partial charge on any atom is 0.342 e. The first kappa shape index (κ1) is 15.2. The number of likely N-dealkylation sites (tertiary alicyclic amines) is 1. The van der Waals surface area contributed by atoms with Gasteiger partial charge in [0.15, 0.2) is 0 Å². The zero-order valence-corrected chi connectivity index (χ0v) is 11.9. The van der Waals surface area contributed by atoms with Crippen LogP contribution >= 0.6 is 0 Å². The van der Waals surface area contributed by atoms with Crippen molar-refractivity contribution in [2.75, 3.05) is 32.0 Å². The van der Waals surface area contributed by atoms with E-state index in [9.17, 15) is 14.9 Å². The van der Waals surface area contributed by atoms with Gasteiger partial charge in [-0.1, -0.05) is 0 Å². The van der Waals surface area contributed by atoms with Gasteiger partial charge < -0.3 is 15.3 Å². The summed E-state index contributed by atoms with van der Waals surface area (Å²) in [7, 11) is 2.10. The molecule has 0 saturated carbocycles. The highest BCUT2D eigenvalue weighted by atomic mass is 16.6. The third kappa shape index (κ3) is 3.91. The smallest absolute Gasteiger partial charge is 0.342 e. The van der Waals surface area contributed by atoms with E-state index in [0.717, 1.165) is 32.5 Å². The Morgan fingerprint density at radius 3 is 2.71 bits per heavy atom. The summed E-state index contributed by atoms with van der Waals surface area (Å²) in [6.07, 6.45) is 2.20. The molecular weight excluding hydrogens is 274 g/mol. The van der Waals surface area contributed by atoms with E-state index in [1.54, 1.807) is 6.07 Å². The zero-order chi connectivity index (χ0) is 15.4. The fourth-order valence-electron chi connectivity index (χ4n) is 2.50. The van der Waals surface area contributed by atoms with E-state index in [4.69, 9.17) is 5.11 Å². The van der Waals surface area contributed by atoms with E-state index >= 15 is 0 Å². The second-order valence-corrected chi connectivity index (χ2v) is 5.42. The summed E-state index contributed by atoms with van der Waals surface area (Å²) in [4.78, 5) is 23.5. The molecule has 1 aromatic rings. The standard InChI is InChI=1S/C14H19N3O4/c1-16-6-4-10(5-7-16)9-15-11-2-3-13(17(20)21)12(8-11)14(18)19/h2-3,8,10,15H,4-7,9H2,1H3,(H,18,19). The maximum absolute atomic E-state index is 11.1. The molecule has 0 bridgehead atoms. The van der Waals surface area contributed by atoms with E-state index in [0.29, 0.717) is 11.6 Å². The molecule has 1 aliphatic heterocycles. The van der Waals surface area contributed by atoms with Crippen molar-refractivity contribution in [3.63, 3.8) is 0 Å². The number of carboxylic acid groups (broad SMARTS) is 1. The van der Waals surface area contributed by atoms with Crippen LogP contribution in [0.25, 0.3) is 0 Å². The Morgan fingerprint density at radius 2 is 2.14 bits per heavy atom. The minimum Gasteiger partial charge on any atom is -0.477 e. The SMILES string of the molecule is CN1CCC(CNc2ccc([N+](=O)[O-])c(C(=O)O)c2)CC1. The maximum atomic E-state index is 11.1. The molecule has 1 aliphatic rings. The molecule has 7 heteroatoms. The van der Waals surface area contributed by atoms with Gasteiger partial charge in [0.05, 0.1) is 4.92 Å². The topological polar surface area (TPSA) is 95.7 Å². The molecule has 0 amide bonds. The number of carbonyl (C=O) groups is 1. The van der Waals surface area contributed by atoms with Crippen LogP contribution in [0.2, 0.25) is 0 Å². The van der Waals surface area contributed by atoms with Crippen molar-refractivity contribution in [2.45, 2.75) is 12.8 Å². The molecule has 0 unspecified atom stereocenters. The second-order valence-electron chi connectivity index (χ2n) is 5.42. The van der Waals surface area contributed by atoms with Gasteiger partial charge in [-0.05, 0) is 51.0 Å². The van der Waals surface area contributed by atoms with Crippen molar-refractivity contribution in [1.82, 2.24) is 4.90 Å². The summed E-state index contributed by atoms with van der Waals surface area (Å²) in [6.45, 7) is 2.88. The Morgan fingerprint density at radius 1 is 1.48 bits per heavy atom. The minimum atomic E-state index is -1.29. The lowest BCUT2D eigenvalue weighted by molar-refractivity contribution is -0.385. The molecule has 2 rings (SSSR count). The number of hydrogen-bond acceptors (Lipinski definition) is 5. The third-order valence-electron chi connectivity index (χ3n) is 3.86. The number of anilines is 1. The van der Waals surface area contributed by atoms with Gasteiger partial charge in [0.1, 0.15) is 5.56 Å². The van der Waals surface area contributed by atoms with Crippen LogP contribution in [0.5, 0.6) is 0 Å². The van der Waals surface area contributed by atoms with Gasteiger partial charge in [-0.2, -0.15) is 0 Å². The highest BCUT2D eigenvalue weighted by molar-refractivity contribution is 5.93. The van der Waals surface area contributed by atoms with Crippen molar-refractivity contribution >= 4 is 17.3 Å². The number of nitro groups is 1. The number of piperidine rings is 1. The molecule has 114 valence electrons. The van der Waals surface area contributed by atoms with Crippen LogP contribution in [0.3, 0.4) is 0 Å². The fourth-order valence-corrected chi connectivity index (χ4v) is 2.50. The Balaban J connectivity index is 2.02. The third-order valence-corrected chi connectivity index (χ3v) is 3.86. The Hall–Kier alpha value is -2.15. The van der Waals surface area contributed by atoms with Crippen LogP contribution < -0.4 is 5.32 Å². The predicted octanol–water partition coefficient (Wildman–Crippen LogP) is 2.05. The molecule has 1 saturated heterocycles. The predicted molar refractivity (Wildman–Crippen MR) is 78.8 cm³/mol. The lowest BCUT2D eigenvalue weighted by Gasteiger charge is -2.29. The summed E-state index contributed by atoms with van der Waals surface area (Å²) in [5.41, 5.74) is -0.0577. The van der Waals surface area contributed by atoms with Crippen LogP contribution in [0, 0.1) is 16.0 Å². The van der Waals surface area contributed by atoms with Gasteiger partial charge in [0.2, 0.25) is 0 Å². The highest BCUT2D eigenvalue weighted by Gasteiger charge is 2.21. The van der Waals surface area contributed by atoms with Gasteiger partial charge in [0, 0.05) is 18.3 Å². The molecule has 7 nitrogen and oxygen atoms in total. The summed E-state index contributed by atoms with van der Waals surface area (Å²) in [6, 6.07) is 4.12.